The number of carbonyl (C=O) groups excluding carboxylic acids is 3. The van der Waals surface area contributed by atoms with Crippen molar-refractivity contribution in [3.63, 3.8) is 0 Å². The Bertz CT molecular complexity index is 1110. The minimum absolute atomic E-state index is 0.178. The highest BCUT2D eigenvalue weighted by atomic mass is 35.5. The summed E-state index contributed by atoms with van der Waals surface area (Å²) >= 11 is 6.33. The molecule has 8 heteroatoms. The first kappa shape index (κ1) is 27.7. The average molecular weight is 498 g/mol. The summed E-state index contributed by atoms with van der Waals surface area (Å²) in [6.07, 6.45) is 4.98. The molecule has 0 bridgehead atoms. The molecule has 0 spiro atoms. The van der Waals surface area contributed by atoms with Crippen LogP contribution in [-0.2, 0) is 14.3 Å². The molecule has 2 atom stereocenters. The molecule has 2 aromatic rings. The van der Waals surface area contributed by atoms with E-state index in [0.717, 1.165) is 5.56 Å². The number of amides is 3. The Morgan fingerprint density at radius 3 is 2.37 bits per heavy atom. The molecule has 0 heterocycles. The molecule has 35 heavy (non-hydrogen) atoms. The smallest absolute Gasteiger partial charge is 0.408 e. The molecule has 0 fully saturated rings. The zero-order chi connectivity index (χ0) is 26.3. The van der Waals surface area contributed by atoms with Gasteiger partial charge in [0, 0.05) is 12.1 Å². The standard InChI is InChI=1S/C27H32ClN3O4/c1-8-19-14-10-11-15-20(19)23(24(32)30-22-17(3)13-12-16-21(22)28)31(9-2)25(33)18(4)29-26(34)35-27(5,6)7/h1,10-16,18,23H,9H2,2-7H3,(H,29,34)(H,30,32). The topological polar surface area (TPSA) is 87.7 Å². The number of terminal acetylenes is 1. The summed E-state index contributed by atoms with van der Waals surface area (Å²) in [6, 6.07) is 10.2. The highest BCUT2D eigenvalue weighted by molar-refractivity contribution is 6.34. The van der Waals surface area contributed by atoms with E-state index in [1.165, 1.54) is 11.8 Å². The van der Waals surface area contributed by atoms with Crippen LogP contribution >= 0.6 is 11.6 Å². The first-order valence-corrected chi connectivity index (χ1v) is 11.7. The summed E-state index contributed by atoms with van der Waals surface area (Å²) in [7, 11) is 0. The van der Waals surface area contributed by atoms with E-state index < -0.39 is 35.6 Å². The Labute approximate surface area is 212 Å². The van der Waals surface area contributed by atoms with Crippen molar-refractivity contribution in [1.29, 1.82) is 0 Å². The molecule has 2 aromatic carbocycles. The van der Waals surface area contributed by atoms with Gasteiger partial charge in [0.25, 0.3) is 5.91 Å². The van der Waals surface area contributed by atoms with E-state index in [1.807, 2.05) is 13.0 Å². The van der Waals surface area contributed by atoms with Crippen LogP contribution in [0.25, 0.3) is 0 Å². The number of nitrogens with zero attached hydrogens (tertiary/aromatic N) is 1. The van der Waals surface area contributed by atoms with Gasteiger partial charge in [-0.3, -0.25) is 9.59 Å². The van der Waals surface area contributed by atoms with Crippen molar-refractivity contribution >= 4 is 35.2 Å². The fraction of sp³-hybridized carbons (Fsp3) is 0.370. The number of anilines is 1. The van der Waals surface area contributed by atoms with Crippen LogP contribution in [0.15, 0.2) is 42.5 Å². The molecule has 7 nitrogen and oxygen atoms in total. The molecule has 2 N–H and O–H groups in total. The first-order chi connectivity index (χ1) is 16.4. The number of aryl methyl sites for hydroxylation is 1. The van der Waals surface area contributed by atoms with Crippen molar-refractivity contribution in [2.24, 2.45) is 0 Å². The summed E-state index contributed by atoms with van der Waals surface area (Å²) < 4.78 is 5.27. The molecule has 0 aromatic heterocycles. The second-order valence-electron chi connectivity index (χ2n) is 9.05. The number of nitrogens with one attached hydrogen (secondary N) is 2. The number of halogens is 1. The Kier molecular flexibility index (Phi) is 9.32. The highest BCUT2D eigenvalue weighted by Crippen LogP contribution is 2.30. The van der Waals surface area contributed by atoms with E-state index >= 15 is 0 Å². The van der Waals surface area contributed by atoms with Crippen LogP contribution in [0.1, 0.15) is 57.4 Å². The summed E-state index contributed by atoms with van der Waals surface area (Å²) in [4.78, 5) is 40.8. The predicted molar refractivity (Wildman–Crippen MR) is 138 cm³/mol. The van der Waals surface area contributed by atoms with Gasteiger partial charge in [-0.25, -0.2) is 4.79 Å². The van der Waals surface area contributed by atoms with Crippen molar-refractivity contribution in [2.75, 3.05) is 11.9 Å². The van der Waals surface area contributed by atoms with Crippen LogP contribution in [0, 0.1) is 19.3 Å². The van der Waals surface area contributed by atoms with Crippen LogP contribution in [-0.4, -0.2) is 41.0 Å². The largest absolute Gasteiger partial charge is 0.444 e. The second kappa shape index (κ2) is 11.8. The van der Waals surface area contributed by atoms with Crippen molar-refractivity contribution in [1.82, 2.24) is 10.2 Å². The quantitative estimate of drug-likeness (QED) is 0.523. The van der Waals surface area contributed by atoms with E-state index in [2.05, 4.69) is 16.6 Å². The normalized spacial score (nSPS) is 12.6. The molecular weight excluding hydrogens is 466 g/mol. The SMILES string of the molecule is C#Cc1ccccc1C(C(=O)Nc1c(C)cccc1Cl)N(CC)C(=O)C(C)NC(=O)OC(C)(C)C. The Hall–Kier alpha value is -3.50. The summed E-state index contributed by atoms with van der Waals surface area (Å²) in [5.41, 5.74) is 1.45. The maximum Gasteiger partial charge on any atom is 0.408 e. The van der Waals surface area contributed by atoms with E-state index in [0.29, 0.717) is 21.8 Å². The number of rotatable bonds is 7. The van der Waals surface area contributed by atoms with Gasteiger partial charge in [0.2, 0.25) is 5.91 Å². The van der Waals surface area contributed by atoms with Gasteiger partial charge in [-0.2, -0.15) is 0 Å². The number of benzene rings is 2. The molecule has 2 rings (SSSR count). The van der Waals surface area contributed by atoms with Gasteiger partial charge < -0.3 is 20.3 Å². The molecule has 0 saturated carbocycles. The van der Waals surface area contributed by atoms with E-state index in [9.17, 15) is 14.4 Å². The van der Waals surface area contributed by atoms with Crippen LogP contribution in [0.3, 0.4) is 0 Å². The second-order valence-corrected chi connectivity index (χ2v) is 9.45. The van der Waals surface area contributed by atoms with Gasteiger partial charge >= 0.3 is 6.09 Å². The number of para-hydroxylation sites is 1. The van der Waals surface area contributed by atoms with Crippen molar-refractivity contribution in [2.45, 2.75) is 59.2 Å². The highest BCUT2D eigenvalue weighted by Gasteiger charge is 2.35. The number of likely N-dealkylation sites (N-methyl/N-ethyl adjacent to an activating group) is 1. The number of carbonyl (C=O) groups is 3. The number of hydrogen-bond acceptors (Lipinski definition) is 4. The van der Waals surface area contributed by atoms with Crippen molar-refractivity contribution in [3.05, 3.63) is 64.2 Å². The minimum Gasteiger partial charge on any atom is -0.444 e. The van der Waals surface area contributed by atoms with Gasteiger partial charge in [-0.15, -0.1) is 6.42 Å². The lowest BCUT2D eigenvalue weighted by Gasteiger charge is -2.33. The van der Waals surface area contributed by atoms with E-state index in [-0.39, 0.29) is 6.54 Å². The number of alkyl carbamates (subject to hydrolysis) is 1. The Morgan fingerprint density at radius 2 is 1.80 bits per heavy atom. The van der Waals surface area contributed by atoms with Gasteiger partial charge in [0.05, 0.1) is 10.7 Å². The van der Waals surface area contributed by atoms with Crippen LogP contribution < -0.4 is 10.6 Å². The predicted octanol–water partition coefficient (Wildman–Crippen LogP) is 5.07. The van der Waals surface area contributed by atoms with Gasteiger partial charge in [-0.05, 0) is 64.8 Å². The molecule has 0 radical (unpaired) electrons. The molecule has 0 aliphatic rings. The summed E-state index contributed by atoms with van der Waals surface area (Å²) in [5, 5.41) is 5.78. The third kappa shape index (κ3) is 7.24. The number of ether oxygens (including phenoxy) is 1. The number of hydrogen-bond donors (Lipinski definition) is 2. The van der Waals surface area contributed by atoms with Crippen LogP contribution in [0.2, 0.25) is 5.02 Å². The summed E-state index contributed by atoms with van der Waals surface area (Å²) in [5.74, 6) is 1.63. The molecule has 0 saturated heterocycles. The lowest BCUT2D eigenvalue weighted by Crippen LogP contribution is -2.51. The van der Waals surface area contributed by atoms with Gasteiger partial charge in [0.15, 0.2) is 0 Å². The minimum atomic E-state index is -1.07. The fourth-order valence-corrected chi connectivity index (χ4v) is 3.83. The molecule has 0 aliphatic heterocycles. The van der Waals surface area contributed by atoms with E-state index in [4.69, 9.17) is 22.8 Å². The van der Waals surface area contributed by atoms with Crippen LogP contribution in [0.4, 0.5) is 10.5 Å². The van der Waals surface area contributed by atoms with Gasteiger partial charge in [0.1, 0.15) is 17.7 Å². The fourth-order valence-electron chi connectivity index (χ4n) is 3.56. The van der Waals surface area contributed by atoms with Gasteiger partial charge in [-0.1, -0.05) is 47.9 Å². The Balaban J connectivity index is 2.46. The van der Waals surface area contributed by atoms with Crippen molar-refractivity contribution < 1.29 is 19.1 Å². The third-order valence-electron chi connectivity index (χ3n) is 5.17. The summed E-state index contributed by atoms with van der Waals surface area (Å²) in [6.45, 7) is 10.5. The lowest BCUT2D eigenvalue weighted by molar-refractivity contribution is -0.140. The zero-order valence-corrected chi connectivity index (χ0v) is 21.7. The molecule has 0 aliphatic carbocycles. The zero-order valence-electron chi connectivity index (χ0n) is 20.9. The molecule has 3 amide bonds. The molecular formula is C27H32ClN3O4. The Morgan fingerprint density at radius 1 is 1.14 bits per heavy atom. The lowest BCUT2D eigenvalue weighted by atomic mass is 9.97. The van der Waals surface area contributed by atoms with Crippen LogP contribution in [0.5, 0.6) is 0 Å². The molecule has 2 unspecified atom stereocenters. The van der Waals surface area contributed by atoms with Crippen molar-refractivity contribution in [3.8, 4) is 12.3 Å². The maximum atomic E-state index is 13.7. The van der Waals surface area contributed by atoms with E-state index in [1.54, 1.807) is 64.1 Å². The third-order valence-corrected chi connectivity index (χ3v) is 5.48. The monoisotopic (exact) mass is 497 g/mol. The first-order valence-electron chi connectivity index (χ1n) is 11.3. The average Bonchev–Trinajstić information content (AvgIpc) is 2.78. The molecule has 186 valence electrons. The maximum absolute atomic E-state index is 13.7.